The largest absolute Gasteiger partial charge is 0.494 e. The van der Waals surface area contributed by atoms with Gasteiger partial charge in [0.1, 0.15) is 0 Å². The van der Waals surface area contributed by atoms with Crippen molar-refractivity contribution in [2.24, 2.45) is 0 Å². The highest BCUT2D eigenvalue weighted by molar-refractivity contribution is 5.97. The molecule has 0 aromatic heterocycles. The van der Waals surface area contributed by atoms with Crippen molar-refractivity contribution in [2.75, 3.05) is 26.7 Å². The van der Waals surface area contributed by atoms with E-state index in [0.29, 0.717) is 12.1 Å². The molecule has 1 aliphatic heterocycles. The Morgan fingerprint density at radius 1 is 1.53 bits per heavy atom. The Kier molecular flexibility index (Phi) is 2.68. The van der Waals surface area contributed by atoms with Crippen LogP contribution in [0.1, 0.15) is 10.4 Å². The summed E-state index contributed by atoms with van der Waals surface area (Å²) in [7, 11) is 1.40. The van der Waals surface area contributed by atoms with Gasteiger partial charge in [-0.3, -0.25) is 9.69 Å². The van der Waals surface area contributed by atoms with Crippen LogP contribution in [0.5, 0.6) is 5.75 Å². The summed E-state index contributed by atoms with van der Waals surface area (Å²) in [5, 5.41) is 0. The second-order valence-corrected chi connectivity index (χ2v) is 3.55. The third-order valence-corrected chi connectivity index (χ3v) is 2.38. The van der Waals surface area contributed by atoms with Crippen molar-refractivity contribution in [2.45, 2.75) is 0 Å². The third kappa shape index (κ3) is 2.33. The topological polar surface area (TPSA) is 29.3 Å². The number of methoxy groups -OCH3 is 1. The first-order valence-corrected chi connectivity index (χ1v) is 4.80. The van der Waals surface area contributed by atoms with Crippen LogP contribution in [0.4, 0.5) is 4.39 Å². The molecule has 1 heterocycles. The Bertz CT molecular complexity index is 388. The Morgan fingerprint density at radius 3 is 2.80 bits per heavy atom. The molecule has 0 spiro atoms. The molecule has 4 heteroatoms. The molecule has 0 amide bonds. The molecule has 80 valence electrons. The fourth-order valence-electron chi connectivity index (χ4n) is 1.36. The van der Waals surface area contributed by atoms with Gasteiger partial charge in [-0.1, -0.05) is 0 Å². The number of carbonyl (C=O) groups is 1. The zero-order chi connectivity index (χ0) is 10.8. The first-order valence-electron chi connectivity index (χ1n) is 4.80. The van der Waals surface area contributed by atoms with Gasteiger partial charge >= 0.3 is 0 Å². The number of Topliss-reactive ketones (excluding diaryl/α,β-unsaturated/α-hetero) is 1. The highest BCUT2D eigenvalue weighted by atomic mass is 19.1. The molecule has 2 rings (SSSR count). The molecule has 0 unspecified atom stereocenters. The Labute approximate surface area is 87.5 Å². The van der Waals surface area contributed by atoms with Crippen molar-refractivity contribution in [1.29, 1.82) is 0 Å². The second-order valence-electron chi connectivity index (χ2n) is 3.55. The first kappa shape index (κ1) is 10.1. The summed E-state index contributed by atoms with van der Waals surface area (Å²) in [5.74, 6) is -0.374. The van der Waals surface area contributed by atoms with E-state index in [1.165, 1.54) is 19.2 Å². The third-order valence-electron chi connectivity index (χ3n) is 2.38. The molecule has 1 aromatic rings. The maximum atomic E-state index is 13.3. The lowest BCUT2D eigenvalue weighted by atomic mass is 10.1. The predicted octanol–water partition coefficient (Wildman–Crippen LogP) is 1.33. The van der Waals surface area contributed by atoms with Gasteiger partial charge in [0.25, 0.3) is 0 Å². The second kappa shape index (κ2) is 3.98. The Hall–Kier alpha value is -1.42. The molecule has 0 atom stereocenters. The minimum absolute atomic E-state index is 0.0472. The number of benzene rings is 1. The molecule has 0 aliphatic carbocycles. The van der Waals surface area contributed by atoms with Gasteiger partial charge in [0, 0.05) is 18.7 Å². The highest BCUT2D eigenvalue weighted by Gasteiger charge is 2.21. The standard InChI is InChI=1S/C11H12FNO2/c1-15-11-3-2-8(6-9(11)12)10(14)7-13-4-5-13/h2-3,6H,4-5,7H2,1H3. The molecule has 15 heavy (non-hydrogen) atoms. The van der Waals surface area contributed by atoms with Crippen LogP contribution in [0.15, 0.2) is 18.2 Å². The molecule has 0 bridgehead atoms. The molecular formula is C11H12FNO2. The Balaban J connectivity index is 2.13. The SMILES string of the molecule is COc1ccc(C(=O)CN2CC2)cc1F. The van der Waals surface area contributed by atoms with Crippen molar-refractivity contribution in [1.82, 2.24) is 4.90 Å². The van der Waals surface area contributed by atoms with Crippen LogP contribution in [-0.4, -0.2) is 37.4 Å². The smallest absolute Gasteiger partial charge is 0.176 e. The van der Waals surface area contributed by atoms with Crippen LogP contribution >= 0.6 is 0 Å². The minimum atomic E-state index is -0.492. The van der Waals surface area contributed by atoms with E-state index >= 15 is 0 Å². The lowest BCUT2D eigenvalue weighted by Gasteiger charge is -2.04. The van der Waals surface area contributed by atoms with Crippen LogP contribution in [0, 0.1) is 5.82 Å². The molecule has 1 saturated heterocycles. The van der Waals surface area contributed by atoms with Gasteiger partial charge in [0.15, 0.2) is 17.3 Å². The van der Waals surface area contributed by atoms with Gasteiger partial charge in [-0.25, -0.2) is 4.39 Å². The fraction of sp³-hybridized carbons (Fsp3) is 0.364. The fourth-order valence-corrected chi connectivity index (χ4v) is 1.36. The predicted molar refractivity (Wildman–Crippen MR) is 53.7 cm³/mol. The Morgan fingerprint density at radius 2 is 2.27 bits per heavy atom. The summed E-state index contributed by atoms with van der Waals surface area (Å²) >= 11 is 0. The van der Waals surface area contributed by atoms with Crippen molar-refractivity contribution >= 4 is 5.78 Å². The van der Waals surface area contributed by atoms with Gasteiger partial charge in [0.05, 0.1) is 13.7 Å². The van der Waals surface area contributed by atoms with Gasteiger partial charge in [-0.05, 0) is 18.2 Å². The van der Waals surface area contributed by atoms with E-state index in [9.17, 15) is 9.18 Å². The molecule has 3 nitrogen and oxygen atoms in total. The number of nitrogens with zero attached hydrogens (tertiary/aromatic N) is 1. The summed E-state index contributed by atoms with van der Waals surface area (Å²) in [5.41, 5.74) is 0.403. The molecule has 1 fully saturated rings. The molecule has 0 radical (unpaired) electrons. The number of ether oxygens (including phenoxy) is 1. The lowest BCUT2D eigenvalue weighted by Crippen LogP contribution is -2.13. The van der Waals surface area contributed by atoms with Crippen LogP contribution in [0.2, 0.25) is 0 Å². The number of carbonyl (C=O) groups excluding carboxylic acids is 1. The maximum absolute atomic E-state index is 13.3. The monoisotopic (exact) mass is 209 g/mol. The summed E-state index contributed by atoms with van der Waals surface area (Å²) in [6.07, 6.45) is 0. The normalized spacial score (nSPS) is 15.1. The average Bonchev–Trinajstić information content (AvgIpc) is 3.01. The zero-order valence-electron chi connectivity index (χ0n) is 8.50. The number of hydrogen-bond donors (Lipinski definition) is 0. The van der Waals surface area contributed by atoms with Crippen LogP contribution < -0.4 is 4.74 Å². The van der Waals surface area contributed by atoms with E-state index in [-0.39, 0.29) is 11.5 Å². The van der Waals surface area contributed by atoms with Crippen LogP contribution in [0.25, 0.3) is 0 Å². The van der Waals surface area contributed by atoms with Crippen molar-refractivity contribution in [3.05, 3.63) is 29.6 Å². The minimum Gasteiger partial charge on any atom is -0.494 e. The average molecular weight is 209 g/mol. The summed E-state index contributed by atoms with van der Waals surface area (Å²) in [6, 6.07) is 4.29. The lowest BCUT2D eigenvalue weighted by molar-refractivity contribution is 0.0974. The molecule has 1 aliphatic rings. The molecular weight excluding hydrogens is 197 g/mol. The summed E-state index contributed by atoms with van der Waals surface area (Å²) < 4.78 is 18.0. The maximum Gasteiger partial charge on any atom is 0.176 e. The zero-order valence-corrected chi connectivity index (χ0v) is 8.50. The first-order chi connectivity index (χ1) is 7.20. The summed E-state index contributed by atoms with van der Waals surface area (Å²) in [4.78, 5) is 13.6. The van der Waals surface area contributed by atoms with E-state index in [1.54, 1.807) is 6.07 Å². The van der Waals surface area contributed by atoms with Gasteiger partial charge in [-0.2, -0.15) is 0 Å². The van der Waals surface area contributed by atoms with E-state index < -0.39 is 5.82 Å². The molecule has 0 saturated carbocycles. The number of halogens is 1. The number of ketones is 1. The summed E-state index contributed by atoms with van der Waals surface area (Å²) in [6.45, 7) is 2.31. The van der Waals surface area contributed by atoms with Crippen LogP contribution in [0.3, 0.4) is 0 Å². The van der Waals surface area contributed by atoms with E-state index in [4.69, 9.17) is 4.74 Å². The van der Waals surface area contributed by atoms with Gasteiger partial charge < -0.3 is 4.74 Å². The molecule has 1 aromatic carbocycles. The van der Waals surface area contributed by atoms with Crippen LogP contribution in [-0.2, 0) is 0 Å². The van der Waals surface area contributed by atoms with Gasteiger partial charge in [-0.15, -0.1) is 0 Å². The molecule has 0 N–H and O–H groups in total. The van der Waals surface area contributed by atoms with Gasteiger partial charge in [0.2, 0.25) is 0 Å². The van der Waals surface area contributed by atoms with Crippen molar-refractivity contribution < 1.29 is 13.9 Å². The van der Waals surface area contributed by atoms with E-state index in [2.05, 4.69) is 0 Å². The number of rotatable bonds is 4. The quantitative estimate of drug-likeness (QED) is 0.553. The van der Waals surface area contributed by atoms with E-state index in [1.807, 2.05) is 4.90 Å². The van der Waals surface area contributed by atoms with Crippen molar-refractivity contribution in [3.63, 3.8) is 0 Å². The van der Waals surface area contributed by atoms with Crippen molar-refractivity contribution in [3.8, 4) is 5.75 Å². The highest BCUT2D eigenvalue weighted by Crippen LogP contribution is 2.18. The number of hydrogen-bond acceptors (Lipinski definition) is 3. The van der Waals surface area contributed by atoms with E-state index in [0.717, 1.165) is 13.1 Å².